The fourth-order valence-electron chi connectivity index (χ4n) is 3.55. The summed E-state index contributed by atoms with van der Waals surface area (Å²) in [7, 11) is 2.17. The molecule has 2 aliphatic carbocycles. The molecule has 0 saturated heterocycles. The molecule has 1 amide bonds. The predicted octanol–water partition coefficient (Wildman–Crippen LogP) is 1.87. The third-order valence-electron chi connectivity index (χ3n) is 4.64. The second kappa shape index (κ2) is 6.19. The van der Waals surface area contributed by atoms with Crippen LogP contribution in [0.1, 0.15) is 25.7 Å². The zero-order chi connectivity index (χ0) is 15.9. The highest BCUT2D eigenvalue weighted by Crippen LogP contribution is 2.46. The Hall–Kier alpha value is -1.09. The molecule has 2 unspecified atom stereocenters. The third-order valence-corrected chi connectivity index (χ3v) is 5.49. The lowest BCUT2D eigenvalue weighted by molar-refractivity contribution is -0.125. The van der Waals surface area contributed by atoms with Crippen molar-refractivity contribution in [3.63, 3.8) is 0 Å². The van der Waals surface area contributed by atoms with Gasteiger partial charge in [0.2, 0.25) is 5.91 Å². The van der Waals surface area contributed by atoms with E-state index in [2.05, 4.69) is 57.5 Å². The molecule has 0 spiro atoms. The van der Waals surface area contributed by atoms with Crippen molar-refractivity contribution in [2.75, 3.05) is 7.05 Å². The zero-order valence-corrected chi connectivity index (χ0v) is 15.3. The van der Waals surface area contributed by atoms with E-state index in [1.54, 1.807) is 0 Å². The highest BCUT2D eigenvalue weighted by Gasteiger charge is 2.39. The Balaban J connectivity index is 1.77. The first-order chi connectivity index (χ1) is 10.5. The molecule has 0 aromatic carbocycles. The molecule has 0 bridgehead atoms. The Morgan fingerprint density at radius 3 is 3.00 bits per heavy atom. The van der Waals surface area contributed by atoms with Crippen molar-refractivity contribution >= 4 is 45.8 Å². The molecule has 22 heavy (non-hydrogen) atoms. The number of hydrogen-bond acceptors (Lipinski definition) is 3. The van der Waals surface area contributed by atoms with Crippen LogP contribution in [0.4, 0.5) is 0 Å². The predicted molar refractivity (Wildman–Crippen MR) is 98.8 cm³/mol. The second-order valence-electron chi connectivity index (χ2n) is 5.89. The van der Waals surface area contributed by atoms with Crippen LogP contribution in [0.3, 0.4) is 0 Å². The van der Waals surface area contributed by atoms with Gasteiger partial charge in [-0.15, -0.1) is 0 Å². The number of amides is 1. The Morgan fingerprint density at radius 2 is 2.27 bits per heavy atom. The van der Waals surface area contributed by atoms with Gasteiger partial charge in [0.15, 0.2) is 5.11 Å². The molecule has 2 atom stereocenters. The van der Waals surface area contributed by atoms with Crippen LogP contribution in [-0.2, 0) is 4.79 Å². The van der Waals surface area contributed by atoms with Crippen LogP contribution in [-0.4, -0.2) is 29.0 Å². The normalized spacial score (nSPS) is 26.7. The van der Waals surface area contributed by atoms with Gasteiger partial charge in [-0.2, -0.15) is 0 Å². The van der Waals surface area contributed by atoms with Gasteiger partial charge in [-0.05, 0) is 77.7 Å². The van der Waals surface area contributed by atoms with Crippen LogP contribution in [0, 0.1) is 5.92 Å². The summed E-state index contributed by atoms with van der Waals surface area (Å²) in [6.07, 6.45) is 8.19. The van der Waals surface area contributed by atoms with Crippen molar-refractivity contribution in [2.45, 2.75) is 31.7 Å². The van der Waals surface area contributed by atoms with E-state index >= 15 is 0 Å². The van der Waals surface area contributed by atoms with Gasteiger partial charge in [-0.3, -0.25) is 15.6 Å². The van der Waals surface area contributed by atoms with Crippen molar-refractivity contribution in [1.29, 1.82) is 0 Å². The summed E-state index contributed by atoms with van der Waals surface area (Å²) in [5.41, 5.74) is 14.6. The number of thiocarbonyl (C=S) groups is 1. The van der Waals surface area contributed by atoms with Crippen molar-refractivity contribution < 1.29 is 4.79 Å². The van der Waals surface area contributed by atoms with E-state index in [1.807, 2.05) is 0 Å². The molecule has 7 heteroatoms. The van der Waals surface area contributed by atoms with Gasteiger partial charge in [0, 0.05) is 22.2 Å². The van der Waals surface area contributed by atoms with E-state index in [4.69, 9.17) is 18.0 Å². The van der Waals surface area contributed by atoms with Crippen molar-refractivity contribution in [3.05, 3.63) is 32.6 Å². The molecule has 1 heterocycles. The number of hydrogen-bond donors (Lipinski definition) is 3. The quantitative estimate of drug-likeness (QED) is 0.337. The second-order valence-corrected chi connectivity index (χ2v) is 7.58. The van der Waals surface area contributed by atoms with Gasteiger partial charge in [0.1, 0.15) is 0 Å². The Bertz CT molecular complexity index is 625. The molecule has 0 radical (unpaired) electrons. The summed E-state index contributed by atoms with van der Waals surface area (Å²) in [6.45, 7) is 0. The van der Waals surface area contributed by atoms with Crippen LogP contribution in [0.5, 0.6) is 0 Å². The molecule has 3 rings (SSSR count). The number of allylic oxidation sites excluding steroid dienone is 3. The fraction of sp³-hybridized carbons (Fsp3) is 0.467. The average molecular weight is 430 g/mol. The number of hydrazine groups is 1. The summed E-state index contributed by atoms with van der Waals surface area (Å²) < 4.78 is 1.28. The number of rotatable bonds is 1. The number of likely N-dealkylation sites (N-methyl/N-ethyl adjacent to an activating group) is 1. The SMILES string of the molecule is CN1C2=C(CC(C(=O)NNC(N)=S)CC2)C2=CC(I)=CCC21. The lowest BCUT2D eigenvalue weighted by atomic mass is 9.83. The molecule has 0 fully saturated rings. The fourth-order valence-corrected chi connectivity index (χ4v) is 4.19. The summed E-state index contributed by atoms with van der Waals surface area (Å²) in [5, 5.41) is 0.0828. The van der Waals surface area contributed by atoms with Crippen LogP contribution in [0.25, 0.3) is 0 Å². The highest BCUT2D eigenvalue weighted by molar-refractivity contribution is 14.1. The number of nitrogens with one attached hydrogen (secondary N) is 2. The van der Waals surface area contributed by atoms with Gasteiger partial charge in [0.05, 0.1) is 6.04 Å². The summed E-state index contributed by atoms with van der Waals surface area (Å²) >= 11 is 7.08. The van der Waals surface area contributed by atoms with E-state index in [1.165, 1.54) is 20.4 Å². The smallest absolute Gasteiger partial charge is 0.241 e. The van der Waals surface area contributed by atoms with E-state index < -0.39 is 0 Å². The lowest BCUT2D eigenvalue weighted by Crippen LogP contribution is -2.47. The molecule has 0 aromatic heterocycles. The summed E-state index contributed by atoms with van der Waals surface area (Å²) in [6, 6.07) is 0.445. The number of carbonyl (C=O) groups is 1. The first-order valence-electron chi connectivity index (χ1n) is 7.35. The maximum atomic E-state index is 12.2. The maximum absolute atomic E-state index is 12.2. The molecule has 0 saturated carbocycles. The van der Waals surface area contributed by atoms with Gasteiger partial charge in [0.25, 0.3) is 0 Å². The Labute approximate surface area is 149 Å². The van der Waals surface area contributed by atoms with Gasteiger partial charge in [-0.1, -0.05) is 6.08 Å². The maximum Gasteiger partial charge on any atom is 0.241 e. The minimum Gasteiger partial charge on any atom is -0.375 e. The van der Waals surface area contributed by atoms with Crippen molar-refractivity contribution in [1.82, 2.24) is 15.8 Å². The number of halogens is 1. The van der Waals surface area contributed by atoms with Crippen LogP contribution in [0.2, 0.25) is 0 Å². The van der Waals surface area contributed by atoms with E-state index in [-0.39, 0.29) is 16.9 Å². The molecule has 3 aliphatic rings. The van der Waals surface area contributed by atoms with E-state index in [9.17, 15) is 4.79 Å². The molecule has 118 valence electrons. The van der Waals surface area contributed by atoms with Gasteiger partial charge >= 0.3 is 0 Å². The van der Waals surface area contributed by atoms with Crippen LogP contribution in [0.15, 0.2) is 32.6 Å². The topological polar surface area (TPSA) is 70.4 Å². The summed E-state index contributed by atoms with van der Waals surface area (Å²) in [4.78, 5) is 14.6. The van der Waals surface area contributed by atoms with E-state index in [0.717, 1.165) is 25.7 Å². The Morgan fingerprint density at radius 1 is 1.50 bits per heavy atom. The number of nitrogens with zero attached hydrogens (tertiary/aromatic N) is 1. The first-order valence-corrected chi connectivity index (χ1v) is 8.84. The number of nitrogens with two attached hydrogens (primary N) is 1. The average Bonchev–Trinajstić information content (AvgIpc) is 2.77. The monoisotopic (exact) mass is 430 g/mol. The van der Waals surface area contributed by atoms with Crippen LogP contribution < -0.4 is 16.6 Å². The van der Waals surface area contributed by atoms with Gasteiger partial charge < -0.3 is 10.6 Å². The molecule has 0 aromatic rings. The first kappa shape index (κ1) is 15.8. The highest BCUT2D eigenvalue weighted by atomic mass is 127. The van der Waals surface area contributed by atoms with Gasteiger partial charge in [-0.25, -0.2) is 0 Å². The minimum absolute atomic E-state index is 0.0304. The molecule has 1 aliphatic heterocycles. The van der Waals surface area contributed by atoms with Crippen LogP contribution >= 0.6 is 34.8 Å². The standard InChI is InChI=1S/C15H19IN4OS/c1-20-12-4-2-8(14(21)18-19-15(17)22)6-10(12)11-7-9(16)3-5-13(11)20/h3,7-8,13H,2,4-6H2,1H3,(H,18,21)(H3,17,19,22). The van der Waals surface area contributed by atoms with E-state index in [0.29, 0.717) is 6.04 Å². The lowest BCUT2D eigenvalue weighted by Gasteiger charge is -2.27. The molecular formula is C15H19IN4OS. The van der Waals surface area contributed by atoms with Crippen molar-refractivity contribution in [2.24, 2.45) is 11.7 Å². The summed E-state index contributed by atoms with van der Waals surface area (Å²) in [5.74, 6) is -0.0654. The number of fused-ring (bicyclic) bond motifs is 2. The Kier molecular flexibility index (Phi) is 4.44. The third kappa shape index (κ3) is 2.88. The molecule has 4 N–H and O–H groups in total. The minimum atomic E-state index is -0.0351. The largest absolute Gasteiger partial charge is 0.375 e. The zero-order valence-electron chi connectivity index (χ0n) is 12.4. The molecular weight excluding hydrogens is 411 g/mol. The number of carbonyl (C=O) groups excluding carboxylic acids is 1. The van der Waals surface area contributed by atoms with Crippen molar-refractivity contribution in [3.8, 4) is 0 Å². The molecule has 5 nitrogen and oxygen atoms in total.